The van der Waals surface area contributed by atoms with Gasteiger partial charge in [-0.15, -0.1) is 0 Å². The standard InChI is InChI=1S/C11H20ClN5/c1-8(2)17(3)6-4-5-14-11-9(13)10(12)15-7-16-11/h7-8H,4-6,13H2,1-3H3,(H,14,15,16). The first kappa shape index (κ1) is 14.0. The number of halogens is 1. The molecule has 0 spiro atoms. The van der Waals surface area contributed by atoms with Gasteiger partial charge in [0.15, 0.2) is 11.0 Å². The summed E-state index contributed by atoms with van der Waals surface area (Å²) < 4.78 is 0. The maximum absolute atomic E-state index is 5.79. The van der Waals surface area contributed by atoms with Crippen molar-refractivity contribution in [3.63, 3.8) is 0 Å². The molecule has 17 heavy (non-hydrogen) atoms. The summed E-state index contributed by atoms with van der Waals surface area (Å²) in [4.78, 5) is 10.1. The summed E-state index contributed by atoms with van der Waals surface area (Å²) in [6.45, 7) is 6.20. The van der Waals surface area contributed by atoms with E-state index in [-0.39, 0.29) is 0 Å². The van der Waals surface area contributed by atoms with Gasteiger partial charge in [-0.25, -0.2) is 9.97 Å². The second-order valence-corrected chi connectivity index (χ2v) is 4.64. The summed E-state index contributed by atoms with van der Waals surface area (Å²) in [7, 11) is 2.11. The Labute approximate surface area is 107 Å². The lowest BCUT2D eigenvalue weighted by atomic mass is 10.3. The minimum absolute atomic E-state index is 0.293. The number of nitrogen functional groups attached to an aromatic ring is 1. The number of aromatic nitrogens is 2. The molecule has 3 N–H and O–H groups in total. The quantitative estimate of drug-likeness (QED) is 0.601. The molecule has 1 aromatic rings. The van der Waals surface area contributed by atoms with Crippen molar-refractivity contribution in [2.75, 3.05) is 31.2 Å². The van der Waals surface area contributed by atoms with Gasteiger partial charge in [0, 0.05) is 12.6 Å². The van der Waals surface area contributed by atoms with Gasteiger partial charge >= 0.3 is 0 Å². The van der Waals surface area contributed by atoms with E-state index in [9.17, 15) is 0 Å². The van der Waals surface area contributed by atoms with Gasteiger partial charge in [-0.2, -0.15) is 0 Å². The van der Waals surface area contributed by atoms with Crippen LogP contribution < -0.4 is 11.1 Å². The van der Waals surface area contributed by atoms with Crippen LogP contribution in [0.4, 0.5) is 11.5 Å². The van der Waals surface area contributed by atoms with Gasteiger partial charge in [-0.3, -0.25) is 0 Å². The zero-order valence-electron chi connectivity index (χ0n) is 10.6. The van der Waals surface area contributed by atoms with Crippen molar-refractivity contribution in [3.8, 4) is 0 Å². The largest absolute Gasteiger partial charge is 0.393 e. The van der Waals surface area contributed by atoms with Gasteiger partial charge in [0.05, 0.1) is 0 Å². The first-order valence-corrected chi connectivity index (χ1v) is 6.10. The average Bonchev–Trinajstić information content (AvgIpc) is 2.29. The Morgan fingerprint density at radius 1 is 1.47 bits per heavy atom. The molecule has 5 nitrogen and oxygen atoms in total. The van der Waals surface area contributed by atoms with Crippen molar-refractivity contribution in [1.29, 1.82) is 0 Å². The van der Waals surface area contributed by atoms with Crippen LogP contribution >= 0.6 is 11.6 Å². The van der Waals surface area contributed by atoms with Crippen molar-refractivity contribution in [3.05, 3.63) is 11.5 Å². The van der Waals surface area contributed by atoms with E-state index < -0.39 is 0 Å². The van der Waals surface area contributed by atoms with Crippen molar-refractivity contribution < 1.29 is 0 Å². The average molecular weight is 258 g/mol. The lowest BCUT2D eigenvalue weighted by Crippen LogP contribution is -2.28. The maximum Gasteiger partial charge on any atom is 0.157 e. The molecule has 6 heteroatoms. The second-order valence-electron chi connectivity index (χ2n) is 4.28. The molecule has 0 radical (unpaired) electrons. The Kier molecular flexibility index (Phi) is 5.44. The van der Waals surface area contributed by atoms with E-state index >= 15 is 0 Å². The van der Waals surface area contributed by atoms with Crippen LogP contribution in [0.15, 0.2) is 6.33 Å². The molecule has 1 rings (SSSR count). The number of hydrogen-bond donors (Lipinski definition) is 2. The van der Waals surface area contributed by atoms with Crippen LogP contribution in [-0.4, -0.2) is 41.0 Å². The minimum Gasteiger partial charge on any atom is -0.393 e. The number of nitrogens with one attached hydrogen (secondary N) is 1. The molecule has 0 atom stereocenters. The van der Waals surface area contributed by atoms with Gasteiger partial charge < -0.3 is 16.0 Å². The smallest absolute Gasteiger partial charge is 0.157 e. The first-order chi connectivity index (χ1) is 8.02. The molecular formula is C11H20ClN5. The van der Waals surface area contributed by atoms with Crippen molar-refractivity contribution in [2.45, 2.75) is 26.3 Å². The summed E-state index contributed by atoms with van der Waals surface area (Å²) in [6.07, 6.45) is 2.43. The minimum atomic E-state index is 0.293. The number of nitrogens with two attached hydrogens (primary N) is 1. The van der Waals surface area contributed by atoms with E-state index in [2.05, 4.69) is 41.1 Å². The molecule has 0 aromatic carbocycles. The van der Waals surface area contributed by atoms with Crippen LogP contribution in [0.5, 0.6) is 0 Å². The molecule has 0 unspecified atom stereocenters. The summed E-state index contributed by atoms with van der Waals surface area (Å²) in [6, 6.07) is 0.563. The third-order valence-corrected chi connectivity index (χ3v) is 3.00. The predicted octanol–water partition coefficient (Wildman–Crippen LogP) is 1.85. The van der Waals surface area contributed by atoms with Gasteiger partial charge in [0.25, 0.3) is 0 Å². The third-order valence-electron chi connectivity index (χ3n) is 2.70. The zero-order valence-corrected chi connectivity index (χ0v) is 11.3. The summed E-state index contributed by atoms with van der Waals surface area (Å²) in [5.41, 5.74) is 6.15. The van der Waals surface area contributed by atoms with E-state index in [1.807, 2.05) is 0 Å². The van der Waals surface area contributed by atoms with E-state index in [1.54, 1.807) is 0 Å². The highest BCUT2D eigenvalue weighted by Gasteiger charge is 2.06. The van der Waals surface area contributed by atoms with Crippen LogP contribution in [0.25, 0.3) is 0 Å². The van der Waals surface area contributed by atoms with Crippen LogP contribution in [-0.2, 0) is 0 Å². The van der Waals surface area contributed by atoms with Gasteiger partial charge in [-0.05, 0) is 33.9 Å². The van der Waals surface area contributed by atoms with Crippen LogP contribution in [0.2, 0.25) is 5.15 Å². The monoisotopic (exact) mass is 257 g/mol. The van der Waals surface area contributed by atoms with E-state index in [0.717, 1.165) is 19.5 Å². The molecule has 0 fully saturated rings. The van der Waals surface area contributed by atoms with Crippen LogP contribution in [0.3, 0.4) is 0 Å². The molecule has 1 aromatic heterocycles. The lowest BCUT2D eigenvalue weighted by Gasteiger charge is -2.20. The topological polar surface area (TPSA) is 67.1 Å². The summed E-state index contributed by atoms with van der Waals surface area (Å²) >= 11 is 5.79. The molecule has 96 valence electrons. The molecule has 0 bridgehead atoms. The maximum atomic E-state index is 5.79. The third kappa shape index (κ3) is 4.36. The fourth-order valence-corrected chi connectivity index (χ4v) is 1.44. The molecular weight excluding hydrogens is 238 g/mol. The first-order valence-electron chi connectivity index (χ1n) is 5.72. The molecule has 0 aliphatic heterocycles. The molecule has 1 heterocycles. The predicted molar refractivity (Wildman–Crippen MR) is 72.3 cm³/mol. The molecule has 0 saturated heterocycles. The van der Waals surface area contributed by atoms with Gasteiger partial charge in [0.1, 0.15) is 12.0 Å². The fraction of sp³-hybridized carbons (Fsp3) is 0.636. The SMILES string of the molecule is CC(C)N(C)CCCNc1ncnc(Cl)c1N. The number of nitrogens with zero attached hydrogens (tertiary/aromatic N) is 3. The van der Waals surface area contributed by atoms with Crippen molar-refractivity contribution >= 4 is 23.1 Å². The number of hydrogen-bond acceptors (Lipinski definition) is 5. The van der Waals surface area contributed by atoms with Crippen LogP contribution in [0, 0.1) is 0 Å². The summed E-state index contributed by atoms with van der Waals surface area (Å²) in [5, 5.41) is 3.45. The van der Waals surface area contributed by atoms with Crippen LogP contribution in [0.1, 0.15) is 20.3 Å². The highest BCUT2D eigenvalue weighted by Crippen LogP contribution is 2.21. The Bertz CT molecular complexity index is 356. The van der Waals surface area contributed by atoms with Gasteiger partial charge in [-0.1, -0.05) is 11.6 Å². The Morgan fingerprint density at radius 2 is 2.18 bits per heavy atom. The Morgan fingerprint density at radius 3 is 2.82 bits per heavy atom. The molecule has 0 amide bonds. The number of rotatable bonds is 6. The van der Waals surface area contributed by atoms with Gasteiger partial charge in [0.2, 0.25) is 0 Å². The summed E-state index contributed by atoms with van der Waals surface area (Å²) in [5.74, 6) is 0.609. The molecule has 0 aliphatic carbocycles. The highest BCUT2D eigenvalue weighted by atomic mass is 35.5. The molecule has 0 aliphatic rings. The van der Waals surface area contributed by atoms with Crippen molar-refractivity contribution in [1.82, 2.24) is 14.9 Å². The van der Waals surface area contributed by atoms with E-state index in [4.69, 9.17) is 17.3 Å². The normalized spacial score (nSPS) is 11.2. The zero-order chi connectivity index (χ0) is 12.8. The van der Waals surface area contributed by atoms with Crippen molar-refractivity contribution in [2.24, 2.45) is 0 Å². The van der Waals surface area contributed by atoms with E-state index in [0.29, 0.717) is 22.7 Å². The Balaban J connectivity index is 2.34. The van der Waals surface area contributed by atoms with E-state index in [1.165, 1.54) is 6.33 Å². The lowest BCUT2D eigenvalue weighted by molar-refractivity contribution is 0.273. The fourth-order valence-electron chi connectivity index (χ4n) is 1.31. The Hall–Kier alpha value is -1.07. The number of anilines is 2. The molecule has 0 saturated carbocycles. The highest BCUT2D eigenvalue weighted by molar-refractivity contribution is 6.32. The second kappa shape index (κ2) is 6.61.